The van der Waals surface area contributed by atoms with Crippen LogP contribution in [0.3, 0.4) is 0 Å². The van der Waals surface area contributed by atoms with E-state index in [4.69, 9.17) is 9.72 Å². The Morgan fingerprint density at radius 3 is 2.72 bits per heavy atom. The van der Waals surface area contributed by atoms with E-state index in [-0.39, 0.29) is 17.0 Å². The Morgan fingerprint density at radius 1 is 1.19 bits per heavy atom. The summed E-state index contributed by atoms with van der Waals surface area (Å²) in [6.07, 6.45) is 2.01. The molecule has 6 nitrogen and oxygen atoms in total. The fraction of sp³-hybridized carbons (Fsp3) is 0.458. The molecule has 0 unspecified atom stereocenters. The molecular weight excluding hydrogens is 414 g/mol. The number of aryl methyl sites for hydroxylation is 3. The van der Waals surface area contributed by atoms with Crippen molar-refractivity contribution in [2.45, 2.75) is 45.0 Å². The number of pyridine rings is 3. The molecule has 0 bridgehead atoms. The first-order chi connectivity index (χ1) is 15.4. The number of halogens is 2. The highest BCUT2D eigenvalue weighted by Gasteiger charge is 2.27. The molecule has 168 valence electrons. The van der Waals surface area contributed by atoms with Gasteiger partial charge in [0.05, 0.1) is 16.9 Å². The minimum atomic E-state index is -2.59. The van der Waals surface area contributed by atoms with Gasteiger partial charge in [0.25, 0.3) is 12.0 Å². The lowest BCUT2D eigenvalue weighted by atomic mass is 9.95. The van der Waals surface area contributed by atoms with Gasteiger partial charge in [0.2, 0.25) is 0 Å². The first kappa shape index (κ1) is 21.0. The molecular formula is C24H26F2N4O2. The van der Waals surface area contributed by atoms with Gasteiger partial charge in [-0.25, -0.2) is 13.8 Å². The summed E-state index contributed by atoms with van der Waals surface area (Å²) < 4.78 is 34.1. The van der Waals surface area contributed by atoms with Crippen LogP contribution in [0.2, 0.25) is 0 Å². The number of aromatic nitrogens is 3. The molecule has 0 aliphatic carbocycles. The molecule has 3 aromatic heterocycles. The van der Waals surface area contributed by atoms with Gasteiger partial charge < -0.3 is 14.2 Å². The topological polar surface area (TPSA) is 60.2 Å². The molecule has 0 spiro atoms. The van der Waals surface area contributed by atoms with Crippen LogP contribution in [0.4, 0.5) is 20.3 Å². The number of nitrogens with zero attached hydrogens (tertiary/aromatic N) is 4. The zero-order chi connectivity index (χ0) is 22.4. The van der Waals surface area contributed by atoms with Crippen molar-refractivity contribution >= 4 is 22.4 Å². The van der Waals surface area contributed by atoms with Crippen LogP contribution in [0.5, 0.6) is 0 Å². The van der Waals surface area contributed by atoms with Crippen molar-refractivity contribution in [2.24, 2.45) is 7.05 Å². The number of fused-ring (bicyclic) bond motifs is 2. The number of hydrogen-bond acceptors (Lipinski definition) is 5. The van der Waals surface area contributed by atoms with Crippen LogP contribution < -0.4 is 10.5 Å². The molecule has 0 N–H and O–H groups in total. The van der Waals surface area contributed by atoms with E-state index in [0.717, 1.165) is 48.0 Å². The van der Waals surface area contributed by atoms with Crippen molar-refractivity contribution in [3.05, 3.63) is 57.3 Å². The zero-order valence-corrected chi connectivity index (χ0v) is 18.3. The molecule has 2 aliphatic rings. The molecule has 32 heavy (non-hydrogen) atoms. The first-order valence-corrected chi connectivity index (χ1v) is 11.1. The van der Waals surface area contributed by atoms with Gasteiger partial charge in [-0.2, -0.15) is 0 Å². The van der Waals surface area contributed by atoms with Gasteiger partial charge >= 0.3 is 0 Å². The normalized spacial score (nSPS) is 17.2. The van der Waals surface area contributed by atoms with Gasteiger partial charge in [-0.1, -0.05) is 0 Å². The van der Waals surface area contributed by atoms with Crippen LogP contribution in [-0.2, 0) is 18.2 Å². The summed E-state index contributed by atoms with van der Waals surface area (Å²) in [5.41, 5.74) is 3.68. The highest BCUT2D eigenvalue weighted by Crippen LogP contribution is 2.39. The van der Waals surface area contributed by atoms with E-state index < -0.39 is 6.43 Å². The van der Waals surface area contributed by atoms with Crippen molar-refractivity contribution < 1.29 is 13.5 Å². The van der Waals surface area contributed by atoms with Crippen LogP contribution >= 0.6 is 0 Å². The summed E-state index contributed by atoms with van der Waals surface area (Å²) in [7, 11) is 1.77. The lowest BCUT2D eigenvalue weighted by Gasteiger charge is -2.32. The second kappa shape index (κ2) is 8.24. The van der Waals surface area contributed by atoms with Crippen LogP contribution in [0.1, 0.15) is 54.1 Å². The van der Waals surface area contributed by atoms with Gasteiger partial charge in [0.15, 0.2) is 0 Å². The van der Waals surface area contributed by atoms with E-state index in [1.165, 1.54) is 12.3 Å². The maximum absolute atomic E-state index is 13.5. The highest BCUT2D eigenvalue weighted by atomic mass is 19.3. The Hall–Kier alpha value is -2.87. The van der Waals surface area contributed by atoms with Crippen molar-refractivity contribution in [1.29, 1.82) is 0 Å². The third-order valence-corrected chi connectivity index (χ3v) is 6.60. The molecule has 8 heteroatoms. The summed E-state index contributed by atoms with van der Waals surface area (Å²) in [6.45, 7) is 3.81. The van der Waals surface area contributed by atoms with Crippen LogP contribution in [0.25, 0.3) is 10.9 Å². The number of ether oxygens (including phenoxy) is 1. The van der Waals surface area contributed by atoms with Gasteiger partial charge in [0.1, 0.15) is 5.82 Å². The fourth-order valence-corrected chi connectivity index (χ4v) is 4.81. The summed E-state index contributed by atoms with van der Waals surface area (Å²) in [4.78, 5) is 24.1. The molecule has 3 aromatic rings. The maximum Gasteiger partial charge on any atom is 0.265 e. The smallest absolute Gasteiger partial charge is 0.265 e. The SMILES string of the molecule is Cc1cc2c(N3CCCc4ncc(C(F)F)cc43)nc(C3CCOCC3)cc2n(C)c1=O. The molecule has 5 rings (SSSR count). The fourth-order valence-electron chi connectivity index (χ4n) is 4.81. The number of rotatable bonds is 3. The largest absolute Gasteiger partial charge is 0.381 e. The number of alkyl halides is 2. The van der Waals surface area contributed by atoms with E-state index in [0.29, 0.717) is 36.8 Å². The predicted molar refractivity (Wildman–Crippen MR) is 119 cm³/mol. The summed E-state index contributed by atoms with van der Waals surface area (Å²) in [5, 5.41) is 0.843. The second-order valence-corrected chi connectivity index (χ2v) is 8.67. The molecule has 1 saturated heterocycles. The number of hydrogen-bond donors (Lipinski definition) is 0. The molecule has 0 aromatic carbocycles. The van der Waals surface area contributed by atoms with Crippen molar-refractivity contribution in [2.75, 3.05) is 24.7 Å². The molecule has 0 saturated carbocycles. The van der Waals surface area contributed by atoms with Gasteiger partial charge in [-0.3, -0.25) is 9.78 Å². The third-order valence-electron chi connectivity index (χ3n) is 6.60. The van der Waals surface area contributed by atoms with E-state index in [2.05, 4.69) is 4.98 Å². The molecule has 5 heterocycles. The number of anilines is 2. The Labute approximate surface area is 184 Å². The van der Waals surface area contributed by atoms with E-state index in [1.54, 1.807) is 18.5 Å². The summed E-state index contributed by atoms with van der Waals surface area (Å²) in [5.74, 6) is 0.940. The maximum atomic E-state index is 13.5. The first-order valence-electron chi connectivity index (χ1n) is 11.1. The second-order valence-electron chi connectivity index (χ2n) is 8.67. The Balaban J connectivity index is 1.75. The molecule has 2 aliphatic heterocycles. The molecule has 0 radical (unpaired) electrons. The van der Waals surface area contributed by atoms with Crippen molar-refractivity contribution in [1.82, 2.24) is 14.5 Å². The van der Waals surface area contributed by atoms with Crippen LogP contribution in [0.15, 0.2) is 29.2 Å². The summed E-state index contributed by atoms with van der Waals surface area (Å²) in [6, 6.07) is 5.41. The van der Waals surface area contributed by atoms with Crippen LogP contribution in [0, 0.1) is 6.92 Å². The minimum absolute atomic E-state index is 0.0479. The Bertz CT molecular complexity index is 1230. The highest BCUT2D eigenvalue weighted by molar-refractivity contribution is 5.93. The van der Waals surface area contributed by atoms with Crippen molar-refractivity contribution in [3.63, 3.8) is 0 Å². The van der Waals surface area contributed by atoms with E-state index in [1.807, 2.05) is 17.0 Å². The van der Waals surface area contributed by atoms with Crippen molar-refractivity contribution in [3.8, 4) is 0 Å². The Morgan fingerprint density at radius 2 is 1.97 bits per heavy atom. The monoisotopic (exact) mass is 440 g/mol. The van der Waals surface area contributed by atoms with Gasteiger partial charge in [-0.05, 0) is 50.8 Å². The van der Waals surface area contributed by atoms with Gasteiger partial charge in [0, 0.05) is 61.1 Å². The quantitative estimate of drug-likeness (QED) is 0.598. The standard InChI is InChI=1S/C24H26F2N4O2/c1-14-10-17-20(29(2)24(14)31)12-19(15-5-8-32-9-6-15)28-23(17)30-7-3-4-18-21(30)11-16(13-27-18)22(25)26/h10-13,15,22H,3-9H2,1-2H3. The third kappa shape index (κ3) is 3.56. The molecule has 0 atom stereocenters. The zero-order valence-electron chi connectivity index (χ0n) is 18.3. The average Bonchev–Trinajstić information content (AvgIpc) is 2.82. The Kier molecular flexibility index (Phi) is 5.41. The van der Waals surface area contributed by atoms with Crippen LogP contribution in [-0.4, -0.2) is 34.3 Å². The average molecular weight is 440 g/mol. The molecule has 1 fully saturated rings. The minimum Gasteiger partial charge on any atom is -0.381 e. The van der Waals surface area contributed by atoms with Gasteiger partial charge in [-0.15, -0.1) is 0 Å². The molecule has 0 amide bonds. The summed E-state index contributed by atoms with van der Waals surface area (Å²) >= 11 is 0. The van der Waals surface area contributed by atoms with E-state index in [9.17, 15) is 13.6 Å². The predicted octanol–water partition coefficient (Wildman–Crippen LogP) is 4.55. The van der Waals surface area contributed by atoms with E-state index >= 15 is 0 Å². The lowest BCUT2D eigenvalue weighted by Crippen LogP contribution is -2.28. The lowest BCUT2D eigenvalue weighted by molar-refractivity contribution is 0.0845.